The zero-order valence-corrected chi connectivity index (χ0v) is 14.2. The topological polar surface area (TPSA) is 97.1 Å². The number of nitrogens with zero attached hydrogens (tertiary/aromatic N) is 1. The first-order valence-corrected chi connectivity index (χ1v) is 8.77. The molecule has 1 saturated carbocycles. The monoisotopic (exact) mass is 344 g/mol. The molecule has 1 atom stereocenters. The van der Waals surface area contributed by atoms with Crippen LogP contribution in [0.15, 0.2) is 29.6 Å². The average Bonchev–Trinajstić information content (AvgIpc) is 3.27. The maximum absolute atomic E-state index is 12.3. The van der Waals surface area contributed by atoms with Gasteiger partial charge in [-0.05, 0) is 30.9 Å². The summed E-state index contributed by atoms with van der Waals surface area (Å²) in [5, 5.41) is 8.06. The number of carbonyl (C=O) groups excluding carboxylic acids is 2. The summed E-state index contributed by atoms with van der Waals surface area (Å²) in [6, 6.07) is 6.49. The number of primary amides is 1. The Hall–Kier alpha value is -2.41. The number of hydrogen-bond donors (Lipinski definition) is 3. The van der Waals surface area contributed by atoms with Crippen molar-refractivity contribution in [1.82, 2.24) is 10.3 Å². The van der Waals surface area contributed by atoms with E-state index >= 15 is 0 Å². The van der Waals surface area contributed by atoms with Crippen LogP contribution in [-0.4, -0.2) is 16.9 Å². The number of urea groups is 1. The number of nitrogens with two attached hydrogens (primary N) is 1. The predicted octanol–water partition coefficient (Wildman–Crippen LogP) is 3.07. The Morgan fingerprint density at radius 2 is 2.12 bits per heavy atom. The van der Waals surface area contributed by atoms with Crippen LogP contribution >= 0.6 is 11.3 Å². The molecule has 1 aliphatic carbocycles. The molecular formula is C17H20N4O2S. The van der Waals surface area contributed by atoms with Gasteiger partial charge < -0.3 is 16.4 Å². The van der Waals surface area contributed by atoms with E-state index in [0.717, 1.165) is 16.8 Å². The standard InChI is InChI=1S/C17H20N4O2S/c1-10-4-2-3-5-12(10)13(19-16(18)23)8-15(22)21-17-20-14(9-24-17)11-6-7-11/h2-5,9,11,13H,6-8H2,1H3,(H3,18,19,23)(H,20,21,22). The van der Waals surface area contributed by atoms with Crippen molar-refractivity contribution in [3.05, 3.63) is 46.5 Å². The molecule has 3 rings (SSSR count). The fourth-order valence-corrected chi connectivity index (χ4v) is 3.46. The van der Waals surface area contributed by atoms with Gasteiger partial charge in [0, 0.05) is 11.3 Å². The summed E-state index contributed by atoms with van der Waals surface area (Å²) in [4.78, 5) is 28.1. The molecule has 6 nitrogen and oxygen atoms in total. The van der Waals surface area contributed by atoms with Crippen LogP contribution in [-0.2, 0) is 4.79 Å². The van der Waals surface area contributed by atoms with E-state index in [4.69, 9.17) is 5.73 Å². The molecule has 1 aliphatic rings. The molecule has 0 bridgehead atoms. The van der Waals surface area contributed by atoms with Crippen LogP contribution in [0.1, 0.15) is 48.0 Å². The Bertz CT molecular complexity index is 755. The van der Waals surface area contributed by atoms with Gasteiger partial charge in [-0.3, -0.25) is 4.79 Å². The van der Waals surface area contributed by atoms with Crippen LogP contribution in [0.5, 0.6) is 0 Å². The molecule has 1 unspecified atom stereocenters. The third-order valence-corrected chi connectivity index (χ3v) is 4.81. The summed E-state index contributed by atoms with van der Waals surface area (Å²) < 4.78 is 0. The summed E-state index contributed by atoms with van der Waals surface area (Å²) in [7, 11) is 0. The van der Waals surface area contributed by atoms with Gasteiger partial charge in [-0.2, -0.15) is 0 Å². The molecule has 24 heavy (non-hydrogen) atoms. The number of aromatic nitrogens is 1. The van der Waals surface area contributed by atoms with Crippen molar-refractivity contribution >= 4 is 28.4 Å². The third-order valence-electron chi connectivity index (χ3n) is 4.03. The first-order chi connectivity index (χ1) is 11.5. The Kier molecular flexibility index (Phi) is 4.80. The number of rotatable bonds is 6. The van der Waals surface area contributed by atoms with E-state index in [9.17, 15) is 9.59 Å². The van der Waals surface area contributed by atoms with Crippen LogP contribution in [0.25, 0.3) is 0 Å². The normalized spacial score (nSPS) is 14.9. The molecule has 1 fully saturated rings. The highest BCUT2D eigenvalue weighted by atomic mass is 32.1. The maximum atomic E-state index is 12.3. The number of nitrogens with one attached hydrogen (secondary N) is 2. The minimum Gasteiger partial charge on any atom is -0.352 e. The highest BCUT2D eigenvalue weighted by Crippen LogP contribution is 2.40. The van der Waals surface area contributed by atoms with Crippen LogP contribution in [0.4, 0.5) is 9.93 Å². The van der Waals surface area contributed by atoms with E-state index in [1.54, 1.807) is 0 Å². The molecular weight excluding hydrogens is 324 g/mol. The number of aryl methyl sites for hydroxylation is 1. The van der Waals surface area contributed by atoms with Crippen molar-refractivity contribution in [3.8, 4) is 0 Å². The van der Waals surface area contributed by atoms with Gasteiger partial charge in [0.1, 0.15) is 0 Å². The second-order valence-corrected chi connectivity index (χ2v) is 6.88. The second-order valence-electron chi connectivity index (χ2n) is 6.02. The van der Waals surface area contributed by atoms with Crippen molar-refractivity contribution in [2.45, 2.75) is 38.1 Å². The molecule has 1 heterocycles. The van der Waals surface area contributed by atoms with Crippen LogP contribution in [0.3, 0.4) is 0 Å². The Morgan fingerprint density at radius 3 is 2.79 bits per heavy atom. The lowest BCUT2D eigenvalue weighted by atomic mass is 9.98. The first-order valence-electron chi connectivity index (χ1n) is 7.89. The van der Waals surface area contributed by atoms with E-state index in [2.05, 4.69) is 15.6 Å². The lowest BCUT2D eigenvalue weighted by Gasteiger charge is -2.19. The first kappa shape index (κ1) is 16.4. The van der Waals surface area contributed by atoms with Crippen LogP contribution < -0.4 is 16.4 Å². The summed E-state index contributed by atoms with van der Waals surface area (Å²) in [5.41, 5.74) is 8.19. The smallest absolute Gasteiger partial charge is 0.312 e. The summed E-state index contributed by atoms with van der Waals surface area (Å²) in [6.45, 7) is 1.94. The van der Waals surface area contributed by atoms with Gasteiger partial charge in [0.2, 0.25) is 5.91 Å². The Balaban J connectivity index is 1.68. The second kappa shape index (κ2) is 7.00. The fraction of sp³-hybridized carbons (Fsp3) is 0.353. The van der Waals surface area contributed by atoms with E-state index in [1.807, 2.05) is 36.6 Å². The lowest BCUT2D eigenvalue weighted by Crippen LogP contribution is -2.35. The van der Waals surface area contributed by atoms with E-state index < -0.39 is 12.1 Å². The molecule has 4 N–H and O–H groups in total. The van der Waals surface area contributed by atoms with Crippen LogP contribution in [0.2, 0.25) is 0 Å². The van der Waals surface area contributed by atoms with E-state index in [1.165, 1.54) is 24.2 Å². The Labute approximate surface area is 144 Å². The SMILES string of the molecule is Cc1ccccc1C(CC(=O)Nc1nc(C2CC2)cs1)NC(N)=O. The molecule has 7 heteroatoms. The zero-order valence-electron chi connectivity index (χ0n) is 13.4. The zero-order chi connectivity index (χ0) is 17.1. The highest BCUT2D eigenvalue weighted by molar-refractivity contribution is 7.13. The maximum Gasteiger partial charge on any atom is 0.312 e. The highest BCUT2D eigenvalue weighted by Gasteiger charge is 2.26. The molecule has 1 aromatic carbocycles. The number of benzene rings is 1. The average molecular weight is 344 g/mol. The fourth-order valence-electron chi connectivity index (χ4n) is 2.65. The van der Waals surface area contributed by atoms with Gasteiger partial charge in [-0.15, -0.1) is 11.3 Å². The van der Waals surface area contributed by atoms with Crippen molar-refractivity contribution in [2.75, 3.05) is 5.32 Å². The number of thiazole rings is 1. The molecule has 2 aromatic rings. The molecule has 0 aliphatic heterocycles. The van der Waals surface area contributed by atoms with Crippen molar-refractivity contribution in [1.29, 1.82) is 0 Å². The quantitative estimate of drug-likeness (QED) is 0.751. The molecule has 3 amide bonds. The van der Waals surface area contributed by atoms with Gasteiger partial charge in [0.05, 0.1) is 18.2 Å². The van der Waals surface area contributed by atoms with Crippen molar-refractivity contribution in [2.24, 2.45) is 5.73 Å². The van der Waals surface area contributed by atoms with Gasteiger partial charge in [0.25, 0.3) is 0 Å². The molecule has 126 valence electrons. The number of amides is 3. The van der Waals surface area contributed by atoms with Crippen molar-refractivity contribution in [3.63, 3.8) is 0 Å². The lowest BCUT2D eigenvalue weighted by molar-refractivity contribution is -0.116. The summed E-state index contributed by atoms with van der Waals surface area (Å²) >= 11 is 1.43. The summed E-state index contributed by atoms with van der Waals surface area (Å²) in [5.74, 6) is 0.358. The van der Waals surface area contributed by atoms with Gasteiger partial charge in [0.15, 0.2) is 5.13 Å². The van der Waals surface area contributed by atoms with Crippen LogP contribution in [0, 0.1) is 6.92 Å². The minimum absolute atomic E-state index is 0.103. The third kappa shape index (κ3) is 4.11. The summed E-state index contributed by atoms with van der Waals surface area (Å²) in [6.07, 6.45) is 2.45. The van der Waals surface area contributed by atoms with Gasteiger partial charge >= 0.3 is 6.03 Å². The van der Waals surface area contributed by atoms with Crippen molar-refractivity contribution < 1.29 is 9.59 Å². The molecule has 0 saturated heterocycles. The largest absolute Gasteiger partial charge is 0.352 e. The number of carbonyl (C=O) groups is 2. The molecule has 1 aromatic heterocycles. The van der Waals surface area contributed by atoms with E-state index in [0.29, 0.717) is 11.0 Å². The Morgan fingerprint density at radius 1 is 1.38 bits per heavy atom. The van der Waals surface area contributed by atoms with Gasteiger partial charge in [-0.1, -0.05) is 24.3 Å². The number of anilines is 1. The molecule has 0 spiro atoms. The van der Waals surface area contributed by atoms with Gasteiger partial charge in [-0.25, -0.2) is 9.78 Å². The number of hydrogen-bond acceptors (Lipinski definition) is 4. The molecule has 0 radical (unpaired) electrons. The minimum atomic E-state index is -0.652. The predicted molar refractivity (Wildman–Crippen MR) is 94.0 cm³/mol. The van der Waals surface area contributed by atoms with E-state index in [-0.39, 0.29) is 12.3 Å².